The van der Waals surface area contributed by atoms with Gasteiger partial charge in [0.05, 0.1) is 0 Å². The van der Waals surface area contributed by atoms with Gasteiger partial charge in [-0.3, -0.25) is 0 Å². The van der Waals surface area contributed by atoms with E-state index in [9.17, 15) is 0 Å². The Balaban J connectivity index is 4.16. The number of rotatable bonds is 13. The molecule has 0 saturated carbocycles. The summed E-state index contributed by atoms with van der Waals surface area (Å²) in [7, 11) is -10.1. The van der Waals surface area contributed by atoms with Crippen molar-refractivity contribution in [2.45, 2.75) is 78.6 Å². The van der Waals surface area contributed by atoms with E-state index in [4.69, 9.17) is 31.0 Å². The fourth-order valence-electron chi connectivity index (χ4n) is 2.20. The van der Waals surface area contributed by atoms with Crippen LogP contribution < -0.4 is 0 Å². The van der Waals surface area contributed by atoms with Gasteiger partial charge in [0.25, 0.3) is 0 Å². The molecule has 0 saturated heterocycles. The monoisotopic (exact) mass is 460 g/mol. The summed E-state index contributed by atoms with van der Waals surface area (Å²) in [6, 6.07) is 0. The third-order valence-electron chi connectivity index (χ3n) is 2.63. The van der Waals surface area contributed by atoms with Crippen LogP contribution in [0.4, 0.5) is 0 Å². The third kappa shape index (κ3) is 15.8. The lowest BCUT2D eigenvalue weighted by Crippen LogP contribution is -2.47. The number of hydrogen-bond acceptors (Lipinski definition) is 7. The molecule has 0 aromatic heterocycles. The Morgan fingerprint density at radius 1 is 0.462 bits per heavy atom. The van der Waals surface area contributed by atoms with Crippen molar-refractivity contribution in [3.63, 3.8) is 0 Å². The SMILES string of the molecule is C[Si](C)(C)O[Si](C)(C)OCOO[Si](C)(C)OCO[Si](C)(C)O[Si](C)(C)C. The average Bonchev–Trinajstić information content (AvgIpc) is 2.27. The van der Waals surface area contributed by atoms with Gasteiger partial charge in [0, 0.05) is 0 Å². The second kappa shape index (κ2) is 10.0. The molecule has 0 spiro atoms. The number of hydrogen-bond donors (Lipinski definition) is 0. The highest BCUT2D eigenvalue weighted by molar-refractivity contribution is 6.82. The molecule has 0 aromatic rings. The normalized spacial score (nSPS) is 14.8. The van der Waals surface area contributed by atoms with Crippen LogP contribution in [0.2, 0.25) is 78.6 Å². The minimum atomic E-state index is -2.47. The zero-order valence-corrected chi connectivity index (χ0v) is 23.8. The zero-order valence-electron chi connectivity index (χ0n) is 18.8. The van der Waals surface area contributed by atoms with Crippen LogP contribution in [0.15, 0.2) is 0 Å². The van der Waals surface area contributed by atoms with Crippen molar-refractivity contribution < 1.29 is 31.0 Å². The lowest BCUT2D eigenvalue weighted by molar-refractivity contribution is -0.272. The maximum absolute atomic E-state index is 6.11. The summed E-state index contributed by atoms with van der Waals surface area (Å²) in [5.74, 6) is 0. The van der Waals surface area contributed by atoms with Crippen molar-refractivity contribution in [2.75, 3.05) is 13.6 Å². The Morgan fingerprint density at radius 2 is 0.808 bits per heavy atom. The maximum atomic E-state index is 6.11. The molecule has 12 heteroatoms. The van der Waals surface area contributed by atoms with Crippen LogP contribution in [0.25, 0.3) is 0 Å². The Morgan fingerprint density at radius 3 is 1.19 bits per heavy atom. The van der Waals surface area contributed by atoms with Crippen molar-refractivity contribution >= 4 is 42.3 Å². The first kappa shape index (κ1) is 26.8. The van der Waals surface area contributed by atoms with Gasteiger partial charge in [0.1, 0.15) is 6.79 Å². The lowest BCUT2D eigenvalue weighted by atomic mass is 11.5. The molecule has 158 valence electrons. The fraction of sp³-hybridized carbons (Fsp3) is 1.00. The van der Waals surface area contributed by atoms with E-state index in [1.54, 1.807) is 0 Å². The molecule has 7 nitrogen and oxygen atoms in total. The van der Waals surface area contributed by atoms with E-state index in [1.165, 1.54) is 0 Å². The van der Waals surface area contributed by atoms with Crippen molar-refractivity contribution in [3.8, 4) is 0 Å². The molecule has 0 radical (unpaired) electrons. The van der Waals surface area contributed by atoms with Crippen LogP contribution in [0, 0.1) is 0 Å². The van der Waals surface area contributed by atoms with E-state index >= 15 is 0 Å². The first-order valence-electron chi connectivity index (χ1n) is 8.95. The van der Waals surface area contributed by atoms with Crippen molar-refractivity contribution in [3.05, 3.63) is 0 Å². The van der Waals surface area contributed by atoms with E-state index in [-0.39, 0.29) is 13.6 Å². The minimum Gasteiger partial charge on any atom is -0.436 e. The molecule has 26 heavy (non-hydrogen) atoms. The highest BCUT2D eigenvalue weighted by atomic mass is 28.4. The van der Waals surface area contributed by atoms with Crippen molar-refractivity contribution in [1.82, 2.24) is 0 Å². The lowest BCUT2D eigenvalue weighted by Gasteiger charge is -2.32. The van der Waals surface area contributed by atoms with Crippen molar-refractivity contribution in [2.24, 2.45) is 0 Å². The topological polar surface area (TPSA) is 64.6 Å². The largest absolute Gasteiger partial charge is 0.436 e. The zero-order chi connectivity index (χ0) is 20.9. The van der Waals surface area contributed by atoms with Gasteiger partial charge in [-0.25, -0.2) is 9.46 Å². The van der Waals surface area contributed by atoms with Gasteiger partial charge >= 0.3 is 25.7 Å². The average molecular weight is 461 g/mol. The summed E-state index contributed by atoms with van der Waals surface area (Å²) in [5.41, 5.74) is 0. The van der Waals surface area contributed by atoms with E-state index in [2.05, 4.69) is 39.3 Å². The molecule has 0 aromatic carbocycles. The molecular formula is C14H40O7Si5. The summed E-state index contributed by atoms with van der Waals surface area (Å²) in [6.45, 7) is 24.9. The molecule has 0 N–H and O–H groups in total. The predicted molar refractivity (Wildman–Crippen MR) is 116 cm³/mol. The highest BCUT2D eigenvalue weighted by Crippen LogP contribution is 2.17. The van der Waals surface area contributed by atoms with Crippen LogP contribution in [0.5, 0.6) is 0 Å². The summed E-state index contributed by atoms with van der Waals surface area (Å²) in [6.07, 6.45) is 0. The molecule has 0 fully saturated rings. The van der Waals surface area contributed by atoms with E-state index in [0.29, 0.717) is 0 Å². The van der Waals surface area contributed by atoms with E-state index in [0.717, 1.165) is 0 Å². The molecule has 0 rings (SSSR count). The second-order valence-electron chi connectivity index (χ2n) is 9.50. The quantitative estimate of drug-likeness (QED) is 0.130. The Labute approximate surface area is 165 Å². The molecule has 0 heterocycles. The van der Waals surface area contributed by atoms with Gasteiger partial charge in [-0.2, -0.15) is 0 Å². The highest BCUT2D eigenvalue weighted by Gasteiger charge is 2.34. The van der Waals surface area contributed by atoms with Crippen LogP contribution in [0.3, 0.4) is 0 Å². The van der Waals surface area contributed by atoms with Crippen LogP contribution >= 0.6 is 0 Å². The smallest absolute Gasteiger partial charge is 0.370 e. The molecule has 0 bridgehead atoms. The van der Waals surface area contributed by atoms with Gasteiger partial charge < -0.3 is 21.5 Å². The second-order valence-corrected chi connectivity index (χ2v) is 29.0. The summed E-state index contributed by atoms with van der Waals surface area (Å²) >= 11 is 0. The molecule has 0 atom stereocenters. The maximum Gasteiger partial charge on any atom is 0.370 e. The standard InChI is InChI=1S/C14H40O7Si5/c1-22(2,3)20-25(9,10)16-13-15-19-24(7,8)17-14-18-26(11,12)21-23(4,5)6/h13-14H2,1-12H3. The van der Waals surface area contributed by atoms with Crippen LogP contribution in [0.1, 0.15) is 0 Å². The fourth-order valence-corrected chi connectivity index (χ4v) is 16.0. The summed E-state index contributed by atoms with van der Waals surface area (Å²) in [5, 5.41) is 0. The van der Waals surface area contributed by atoms with Crippen LogP contribution in [-0.4, -0.2) is 55.9 Å². The molecular weight excluding hydrogens is 421 g/mol. The Bertz CT molecular complexity index is 419. The first-order valence-corrected chi connectivity index (χ1v) is 24.2. The Hall–Kier alpha value is 0.804. The van der Waals surface area contributed by atoms with E-state index in [1.807, 2.05) is 39.3 Å². The molecule has 0 amide bonds. The van der Waals surface area contributed by atoms with Gasteiger partial charge in [0.2, 0.25) is 0 Å². The Kier molecular flexibility index (Phi) is 10.3. The summed E-state index contributed by atoms with van der Waals surface area (Å²) < 4.78 is 35.0. The molecule has 0 aliphatic rings. The first-order chi connectivity index (χ1) is 11.3. The third-order valence-corrected chi connectivity index (χ3v) is 14.4. The van der Waals surface area contributed by atoms with Gasteiger partial charge in [-0.1, -0.05) is 0 Å². The van der Waals surface area contributed by atoms with Gasteiger partial charge in [-0.05, 0) is 78.6 Å². The predicted octanol–water partition coefficient (Wildman–Crippen LogP) is 4.71. The molecule has 0 aliphatic carbocycles. The summed E-state index contributed by atoms with van der Waals surface area (Å²) in [4.78, 5) is 5.23. The van der Waals surface area contributed by atoms with Crippen molar-refractivity contribution in [1.29, 1.82) is 0 Å². The van der Waals surface area contributed by atoms with Gasteiger partial charge in [-0.15, -0.1) is 0 Å². The van der Waals surface area contributed by atoms with E-state index < -0.39 is 42.3 Å². The molecule has 0 aliphatic heterocycles. The minimum absolute atomic E-state index is 0.0311. The van der Waals surface area contributed by atoms with Gasteiger partial charge in [0.15, 0.2) is 23.4 Å². The van der Waals surface area contributed by atoms with Crippen LogP contribution in [-0.2, 0) is 31.0 Å². The molecule has 0 unspecified atom stereocenters.